The second kappa shape index (κ2) is 16.6. The summed E-state index contributed by atoms with van der Waals surface area (Å²) in [5, 5.41) is 6.42. The van der Waals surface area contributed by atoms with Crippen molar-refractivity contribution in [2.45, 2.75) is 24.9 Å². The summed E-state index contributed by atoms with van der Waals surface area (Å²) in [6.07, 6.45) is 8.20. The van der Waals surface area contributed by atoms with Crippen LogP contribution < -0.4 is 20.1 Å². The van der Waals surface area contributed by atoms with Crippen LogP contribution in [0, 0.1) is 0 Å². The molecule has 270 valence electrons. The topological polar surface area (TPSA) is 112 Å². The van der Waals surface area contributed by atoms with Crippen LogP contribution in [0.15, 0.2) is 158 Å². The van der Waals surface area contributed by atoms with Crippen LogP contribution >= 0.6 is 0 Å². The number of rotatable bonds is 14. The van der Waals surface area contributed by atoms with E-state index in [1.165, 1.54) is 0 Å². The highest BCUT2D eigenvalue weighted by Gasteiger charge is 2.25. The number of methoxy groups -OCH3 is 2. The Bertz CT molecular complexity index is 2140. The second-order valence-electron chi connectivity index (χ2n) is 12.7. The average Bonchev–Trinajstić information content (AvgIpc) is 3.93. The highest BCUT2D eigenvalue weighted by molar-refractivity contribution is 6.00. The lowest BCUT2D eigenvalue weighted by Crippen LogP contribution is -2.33. The summed E-state index contributed by atoms with van der Waals surface area (Å²) in [6.45, 7) is 0. The molecule has 0 spiro atoms. The second-order valence-corrected chi connectivity index (χ2v) is 12.7. The summed E-state index contributed by atoms with van der Waals surface area (Å²) in [7, 11) is 3.26. The maximum Gasteiger partial charge on any atom is 0.251 e. The van der Waals surface area contributed by atoms with Gasteiger partial charge in [-0.05, 0) is 90.7 Å². The van der Waals surface area contributed by atoms with Crippen molar-refractivity contribution in [2.75, 3.05) is 14.2 Å². The molecule has 10 heteroatoms. The van der Waals surface area contributed by atoms with Crippen molar-refractivity contribution in [2.24, 2.45) is 0 Å². The van der Waals surface area contributed by atoms with Gasteiger partial charge in [-0.15, -0.1) is 0 Å². The minimum atomic E-state index is -0.485. The number of aromatic nitrogens is 4. The Morgan fingerprint density at radius 3 is 1.35 bits per heavy atom. The molecule has 0 unspecified atom stereocenters. The van der Waals surface area contributed by atoms with Crippen molar-refractivity contribution in [3.8, 4) is 22.9 Å². The van der Waals surface area contributed by atoms with E-state index in [0.29, 0.717) is 35.6 Å². The van der Waals surface area contributed by atoms with Crippen molar-refractivity contribution in [3.63, 3.8) is 0 Å². The van der Waals surface area contributed by atoms with Gasteiger partial charge in [-0.25, -0.2) is 9.97 Å². The lowest BCUT2D eigenvalue weighted by atomic mass is 10.0. The molecular formula is C44H40N6O4. The van der Waals surface area contributed by atoms with Gasteiger partial charge in [0.2, 0.25) is 0 Å². The van der Waals surface area contributed by atoms with Crippen LogP contribution in [-0.4, -0.2) is 45.1 Å². The predicted molar refractivity (Wildman–Crippen MR) is 207 cm³/mol. The van der Waals surface area contributed by atoms with E-state index in [2.05, 4.69) is 10.6 Å². The van der Waals surface area contributed by atoms with E-state index in [9.17, 15) is 9.59 Å². The first-order valence-electron chi connectivity index (χ1n) is 17.6. The van der Waals surface area contributed by atoms with Crippen LogP contribution in [0.5, 0.6) is 11.5 Å². The molecule has 54 heavy (non-hydrogen) atoms. The van der Waals surface area contributed by atoms with E-state index in [0.717, 1.165) is 34.0 Å². The van der Waals surface area contributed by atoms with Gasteiger partial charge in [-0.1, -0.05) is 66.7 Å². The number of hydrogen-bond acceptors (Lipinski definition) is 6. The number of ether oxygens (including phenoxy) is 2. The number of nitrogens with one attached hydrogen (secondary N) is 2. The minimum absolute atomic E-state index is 0.328. The Morgan fingerprint density at radius 2 is 0.963 bits per heavy atom. The van der Waals surface area contributed by atoms with Crippen LogP contribution in [0.3, 0.4) is 0 Å². The molecule has 0 aliphatic heterocycles. The maximum absolute atomic E-state index is 14.0. The highest BCUT2D eigenvalue weighted by Crippen LogP contribution is 2.25. The SMILES string of the molecule is COc1ccc(-n2ccnc2[C@H](Cc2ccccc2)NC(=O)c2cccc(C(=O)N[C@@H](Cc3ccccc3)c3nccn3-c3ccc(OC)cc3)c2)cc1. The van der Waals surface area contributed by atoms with E-state index >= 15 is 0 Å². The molecule has 0 saturated carbocycles. The molecule has 0 aliphatic carbocycles. The van der Waals surface area contributed by atoms with Gasteiger partial charge in [0.1, 0.15) is 23.1 Å². The first-order chi connectivity index (χ1) is 26.5. The van der Waals surface area contributed by atoms with Gasteiger partial charge in [0.05, 0.1) is 26.3 Å². The molecule has 5 aromatic carbocycles. The molecule has 2 heterocycles. The smallest absolute Gasteiger partial charge is 0.251 e. The summed E-state index contributed by atoms with van der Waals surface area (Å²) < 4.78 is 14.6. The molecule has 0 saturated heterocycles. The Balaban J connectivity index is 1.15. The number of carbonyl (C=O) groups excluding carboxylic acids is 2. The third kappa shape index (κ3) is 8.24. The Kier molecular flexibility index (Phi) is 10.9. The molecule has 7 rings (SSSR count). The fraction of sp³-hybridized carbons (Fsp3) is 0.136. The van der Waals surface area contributed by atoms with Gasteiger partial charge in [-0.2, -0.15) is 0 Å². The molecule has 2 amide bonds. The van der Waals surface area contributed by atoms with Gasteiger partial charge >= 0.3 is 0 Å². The largest absolute Gasteiger partial charge is 0.497 e. The van der Waals surface area contributed by atoms with Gasteiger partial charge in [0, 0.05) is 47.3 Å². The average molecular weight is 717 g/mol. The molecule has 0 fully saturated rings. The molecule has 10 nitrogen and oxygen atoms in total. The van der Waals surface area contributed by atoms with Crippen molar-refractivity contribution in [3.05, 3.63) is 192 Å². The van der Waals surface area contributed by atoms with Crippen LogP contribution in [0.1, 0.15) is 55.6 Å². The zero-order valence-electron chi connectivity index (χ0n) is 30.0. The lowest BCUT2D eigenvalue weighted by molar-refractivity contribution is 0.0933. The highest BCUT2D eigenvalue weighted by atomic mass is 16.5. The zero-order chi connectivity index (χ0) is 37.3. The first-order valence-corrected chi connectivity index (χ1v) is 17.6. The molecule has 2 N–H and O–H groups in total. The molecule has 7 aromatic rings. The maximum atomic E-state index is 14.0. The monoisotopic (exact) mass is 716 g/mol. The van der Waals surface area contributed by atoms with Crippen molar-refractivity contribution < 1.29 is 19.1 Å². The van der Waals surface area contributed by atoms with Crippen molar-refractivity contribution in [1.82, 2.24) is 29.7 Å². The number of carbonyl (C=O) groups is 2. The van der Waals surface area contributed by atoms with E-state index in [1.54, 1.807) is 50.9 Å². The van der Waals surface area contributed by atoms with Crippen LogP contribution in [0.4, 0.5) is 0 Å². The molecule has 0 aliphatic rings. The number of benzene rings is 5. The van der Waals surface area contributed by atoms with Gasteiger partial charge in [0.15, 0.2) is 0 Å². The van der Waals surface area contributed by atoms with Crippen LogP contribution in [-0.2, 0) is 12.8 Å². The minimum Gasteiger partial charge on any atom is -0.497 e. The van der Waals surface area contributed by atoms with E-state index in [4.69, 9.17) is 19.4 Å². The number of imidazole rings is 2. The lowest BCUT2D eigenvalue weighted by Gasteiger charge is -2.21. The third-order valence-corrected chi connectivity index (χ3v) is 9.23. The molecule has 0 bridgehead atoms. The van der Waals surface area contributed by atoms with E-state index in [1.807, 2.05) is 131 Å². The van der Waals surface area contributed by atoms with Crippen molar-refractivity contribution >= 4 is 11.8 Å². The number of nitrogens with zero attached hydrogens (tertiary/aromatic N) is 4. The fourth-order valence-electron chi connectivity index (χ4n) is 6.47. The summed E-state index contributed by atoms with van der Waals surface area (Å²) in [5.74, 6) is 2.17. The quantitative estimate of drug-likeness (QED) is 0.121. The van der Waals surface area contributed by atoms with Gasteiger partial charge < -0.3 is 29.2 Å². The number of hydrogen-bond donors (Lipinski definition) is 2. The van der Waals surface area contributed by atoms with Crippen molar-refractivity contribution in [1.29, 1.82) is 0 Å². The summed E-state index contributed by atoms with van der Waals surface area (Å²) in [6, 6.07) is 41.0. The molecular weight excluding hydrogens is 677 g/mol. The summed E-state index contributed by atoms with van der Waals surface area (Å²) >= 11 is 0. The Hall–Kier alpha value is -6.94. The first kappa shape index (κ1) is 35.5. The zero-order valence-corrected chi connectivity index (χ0v) is 30.0. The molecule has 2 atom stereocenters. The Morgan fingerprint density at radius 1 is 0.556 bits per heavy atom. The summed E-state index contributed by atoms with van der Waals surface area (Å²) in [4.78, 5) is 37.4. The van der Waals surface area contributed by atoms with Crippen LogP contribution in [0.2, 0.25) is 0 Å². The van der Waals surface area contributed by atoms with Gasteiger partial charge in [0.25, 0.3) is 11.8 Å². The Labute approximate surface area is 314 Å². The predicted octanol–water partition coefficient (Wildman–Crippen LogP) is 7.50. The summed E-state index contributed by atoms with van der Waals surface area (Å²) in [5.41, 5.74) is 4.54. The van der Waals surface area contributed by atoms with E-state index < -0.39 is 12.1 Å². The standard InChI is InChI=1S/C44H40N6O4/c1-53-37-20-16-35(17-21-37)49-26-24-45-41(49)39(28-31-10-5-3-6-11-31)47-43(51)33-14-9-15-34(30-33)44(52)48-40(29-32-12-7-4-8-13-32)42-46-25-27-50(42)36-18-22-38(54-2)23-19-36/h3-27,30,39-40H,28-29H2,1-2H3,(H,47,51)(H,48,52)/t39-,40-/m0/s1. The van der Waals surface area contributed by atoms with Crippen LogP contribution in [0.25, 0.3) is 11.4 Å². The molecule has 2 aromatic heterocycles. The fourth-order valence-corrected chi connectivity index (χ4v) is 6.47. The van der Waals surface area contributed by atoms with Gasteiger partial charge in [-0.3, -0.25) is 9.59 Å². The van der Waals surface area contributed by atoms with E-state index in [-0.39, 0.29) is 11.8 Å². The number of amides is 2. The third-order valence-electron chi connectivity index (χ3n) is 9.23. The molecule has 0 radical (unpaired) electrons. The normalized spacial score (nSPS) is 12.0.